The van der Waals surface area contributed by atoms with E-state index in [9.17, 15) is 14.4 Å². The summed E-state index contributed by atoms with van der Waals surface area (Å²) in [5.74, 6) is -0.483. The highest BCUT2D eigenvalue weighted by molar-refractivity contribution is 7.99. The first-order valence-electron chi connectivity index (χ1n) is 10.7. The van der Waals surface area contributed by atoms with E-state index in [1.807, 2.05) is 23.7 Å². The summed E-state index contributed by atoms with van der Waals surface area (Å²) >= 11 is 2.17. The molecule has 3 aromatic rings. The van der Waals surface area contributed by atoms with Crippen molar-refractivity contribution in [2.24, 2.45) is 12.8 Å². The molecule has 3 N–H and O–H groups in total. The van der Waals surface area contributed by atoms with Crippen LogP contribution in [0, 0.1) is 6.92 Å². The normalized spacial score (nSPS) is 11.0. The van der Waals surface area contributed by atoms with Gasteiger partial charge in [-0.1, -0.05) is 49.9 Å². The number of amides is 2. The number of hydrogen-bond acceptors (Lipinski definition) is 8. The van der Waals surface area contributed by atoms with Gasteiger partial charge >= 0.3 is 5.97 Å². The molecule has 0 aliphatic rings. The minimum absolute atomic E-state index is 0.0311. The first kappa shape index (κ1) is 25.4. The van der Waals surface area contributed by atoms with Crippen molar-refractivity contribution in [3.05, 3.63) is 45.8 Å². The SMILES string of the molecule is CCOC(=O)c1c(NC(=O)CSc2nnc(-c3ccc(C(C)C)cc3)n2C)sc(C(N)=O)c1C. The number of benzene rings is 1. The molecule has 0 aliphatic heterocycles. The molecule has 0 saturated heterocycles. The summed E-state index contributed by atoms with van der Waals surface area (Å²) in [6.45, 7) is 7.72. The van der Waals surface area contributed by atoms with Gasteiger partial charge in [-0.3, -0.25) is 9.59 Å². The van der Waals surface area contributed by atoms with Crippen LogP contribution in [0.15, 0.2) is 29.4 Å². The molecule has 0 radical (unpaired) electrons. The van der Waals surface area contributed by atoms with Crippen molar-refractivity contribution >= 4 is 45.9 Å². The maximum Gasteiger partial charge on any atom is 0.341 e. The fourth-order valence-electron chi connectivity index (χ4n) is 3.29. The first-order valence-corrected chi connectivity index (χ1v) is 12.5. The lowest BCUT2D eigenvalue weighted by atomic mass is 10.0. The molecule has 9 nitrogen and oxygen atoms in total. The van der Waals surface area contributed by atoms with Crippen molar-refractivity contribution in [1.82, 2.24) is 14.8 Å². The Morgan fingerprint density at radius 2 is 1.88 bits per heavy atom. The van der Waals surface area contributed by atoms with Gasteiger partial charge in [-0.25, -0.2) is 4.79 Å². The molecular formula is C23H27N5O4S2. The molecule has 34 heavy (non-hydrogen) atoms. The van der Waals surface area contributed by atoms with Gasteiger partial charge in [0.2, 0.25) is 5.91 Å². The fraction of sp³-hybridized carbons (Fsp3) is 0.348. The maximum absolute atomic E-state index is 12.6. The summed E-state index contributed by atoms with van der Waals surface area (Å²) in [5.41, 5.74) is 8.12. The highest BCUT2D eigenvalue weighted by Gasteiger charge is 2.26. The van der Waals surface area contributed by atoms with E-state index in [-0.39, 0.29) is 33.7 Å². The predicted molar refractivity (Wildman–Crippen MR) is 133 cm³/mol. The summed E-state index contributed by atoms with van der Waals surface area (Å²) in [6.07, 6.45) is 0. The zero-order valence-corrected chi connectivity index (χ0v) is 21.3. The lowest BCUT2D eigenvalue weighted by molar-refractivity contribution is -0.113. The minimum Gasteiger partial charge on any atom is -0.462 e. The molecule has 1 aromatic carbocycles. The number of nitrogens with two attached hydrogens (primary N) is 1. The lowest BCUT2D eigenvalue weighted by Gasteiger charge is -2.08. The van der Waals surface area contributed by atoms with Gasteiger partial charge in [0.25, 0.3) is 5.91 Å². The van der Waals surface area contributed by atoms with E-state index in [0.717, 1.165) is 16.9 Å². The standard InChI is InChI=1S/C23H27N5O4S2/c1-6-32-22(31)17-13(4)18(19(24)30)34-21(17)25-16(29)11-33-23-27-26-20(28(23)5)15-9-7-14(8-10-15)12(2)3/h7-10,12H,6,11H2,1-5H3,(H2,24,30)(H,25,29). The molecule has 0 unspecified atom stereocenters. The topological polar surface area (TPSA) is 129 Å². The Balaban J connectivity index is 1.72. The molecule has 2 aromatic heterocycles. The van der Waals surface area contributed by atoms with Crippen molar-refractivity contribution in [3.63, 3.8) is 0 Å². The second-order valence-electron chi connectivity index (χ2n) is 7.82. The highest BCUT2D eigenvalue weighted by Crippen LogP contribution is 2.34. The van der Waals surface area contributed by atoms with Crippen LogP contribution in [0.2, 0.25) is 0 Å². The molecule has 0 aliphatic carbocycles. The summed E-state index contributed by atoms with van der Waals surface area (Å²) < 4.78 is 6.90. The Bertz CT molecular complexity index is 1210. The molecule has 2 amide bonds. The van der Waals surface area contributed by atoms with Crippen molar-refractivity contribution in [2.45, 2.75) is 38.8 Å². The summed E-state index contributed by atoms with van der Waals surface area (Å²) in [6, 6.07) is 8.15. The Labute approximate surface area is 206 Å². The zero-order chi connectivity index (χ0) is 25.0. The Hall–Kier alpha value is -3.18. The van der Waals surface area contributed by atoms with Crippen LogP contribution in [0.25, 0.3) is 11.4 Å². The zero-order valence-electron chi connectivity index (χ0n) is 19.7. The average Bonchev–Trinajstić information content (AvgIpc) is 3.31. The molecule has 3 rings (SSSR count). The van der Waals surface area contributed by atoms with Gasteiger partial charge in [0, 0.05) is 12.6 Å². The van der Waals surface area contributed by atoms with E-state index in [1.165, 1.54) is 17.3 Å². The van der Waals surface area contributed by atoms with E-state index in [1.54, 1.807) is 13.8 Å². The largest absolute Gasteiger partial charge is 0.462 e. The van der Waals surface area contributed by atoms with Crippen molar-refractivity contribution in [1.29, 1.82) is 0 Å². The number of nitrogens with zero attached hydrogens (tertiary/aromatic N) is 3. The van der Waals surface area contributed by atoms with Crippen LogP contribution >= 0.6 is 23.1 Å². The molecule has 0 atom stereocenters. The minimum atomic E-state index is -0.670. The van der Waals surface area contributed by atoms with Crippen molar-refractivity contribution in [3.8, 4) is 11.4 Å². The Morgan fingerprint density at radius 1 is 1.21 bits per heavy atom. The van der Waals surface area contributed by atoms with Gasteiger partial charge in [-0.05, 0) is 30.9 Å². The smallest absolute Gasteiger partial charge is 0.341 e. The number of nitrogens with one attached hydrogen (secondary N) is 1. The summed E-state index contributed by atoms with van der Waals surface area (Å²) in [4.78, 5) is 36.9. The van der Waals surface area contributed by atoms with Crippen molar-refractivity contribution in [2.75, 3.05) is 17.7 Å². The molecule has 0 fully saturated rings. The maximum atomic E-state index is 12.6. The van der Waals surface area contributed by atoms with E-state index < -0.39 is 11.9 Å². The molecule has 11 heteroatoms. The summed E-state index contributed by atoms with van der Waals surface area (Å²) in [5, 5.41) is 12.0. The third kappa shape index (κ3) is 5.48. The monoisotopic (exact) mass is 501 g/mol. The Kier molecular flexibility index (Phi) is 8.11. The van der Waals surface area contributed by atoms with Crippen LogP contribution in [0.4, 0.5) is 5.00 Å². The predicted octanol–water partition coefficient (Wildman–Crippen LogP) is 3.98. The number of aromatic nitrogens is 3. The van der Waals surface area contributed by atoms with Crippen molar-refractivity contribution < 1.29 is 19.1 Å². The highest BCUT2D eigenvalue weighted by atomic mass is 32.2. The van der Waals surface area contributed by atoms with Crippen LogP contribution in [0.5, 0.6) is 0 Å². The number of hydrogen-bond donors (Lipinski definition) is 2. The van der Waals surface area contributed by atoms with E-state index in [4.69, 9.17) is 10.5 Å². The van der Waals surface area contributed by atoms with Crippen LogP contribution in [-0.4, -0.2) is 44.9 Å². The lowest BCUT2D eigenvalue weighted by Crippen LogP contribution is -2.17. The molecule has 0 spiro atoms. The average molecular weight is 502 g/mol. The quantitative estimate of drug-likeness (QED) is 0.335. The van der Waals surface area contributed by atoms with Gasteiger partial charge in [0.15, 0.2) is 11.0 Å². The van der Waals surface area contributed by atoms with Crippen LogP contribution in [0.3, 0.4) is 0 Å². The summed E-state index contributed by atoms with van der Waals surface area (Å²) in [7, 11) is 1.84. The van der Waals surface area contributed by atoms with E-state index >= 15 is 0 Å². The molecule has 0 bridgehead atoms. The number of ether oxygens (including phenoxy) is 1. The van der Waals surface area contributed by atoms with Gasteiger partial charge in [-0.2, -0.15) is 0 Å². The van der Waals surface area contributed by atoms with Crippen LogP contribution < -0.4 is 11.1 Å². The number of esters is 1. The number of thioether (sulfide) groups is 1. The third-order valence-corrected chi connectivity index (χ3v) is 7.35. The number of carbonyl (C=O) groups is 3. The Morgan fingerprint density at radius 3 is 2.47 bits per heavy atom. The number of anilines is 1. The number of thiophene rings is 1. The third-order valence-electron chi connectivity index (χ3n) is 5.11. The van der Waals surface area contributed by atoms with E-state index in [2.05, 4.69) is 41.5 Å². The van der Waals surface area contributed by atoms with Gasteiger partial charge in [0.05, 0.1) is 22.8 Å². The number of carbonyl (C=O) groups excluding carboxylic acids is 3. The second kappa shape index (κ2) is 10.8. The molecular weight excluding hydrogens is 474 g/mol. The van der Waals surface area contributed by atoms with Gasteiger partial charge < -0.3 is 20.4 Å². The molecule has 2 heterocycles. The van der Waals surface area contributed by atoms with Gasteiger partial charge in [-0.15, -0.1) is 21.5 Å². The van der Waals surface area contributed by atoms with Crippen LogP contribution in [-0.2, 0) is 16.6 Å². The first-order chi connectivity index (χ1) is 16.1. The van der Waals surface area contributed by atoms with Crippen LogP contribution in [0.1, 0.15) is 57.8 Å². The molecule has 180 valence electrons. The van der Waals surface area contributed by atoms with E-state index in [0.29, 0.717) is 22.5 Å². The molecule has 0 saturated carbocycles. The van der Waals surface area contributed by atoms with Gasteiger partial charge in [0.1, 0.15) is 5.00 Å². The fourth-order valence-corrected chi connectivity index (χ4v) is 5.06. The number of rotatable bonds is 9. The number of primary amides is 1. The second-order valence-corrected chi connectivity index (χ2v) is 9.79.